The molecule has 2 saturated heterocycles. The van der Waals surface area contributed by atoms with Crippen LogP contribution in [0, 0.1) is 5.92 Å². The smallest absolute Gasteiger partial charge is 0.319 e. The number of rotatable bonds is 9. The molecule has 4 N–H and O–H groups in total. The molecule has 4 atom stereocenters. The number of carbonyl (C=O) groups is 1. The van der Waals surface area contributed by atoms with E-state index in [1.807, 2.05) is 103 Å². The van der Waals surface area contributed by atoms with Crippen molar-refractivity contribution in [1.82, 2.24) is 10.2 Å². The van der Waals surface area contributed by atoms with Gasteiger partial charge < -0.3 is 35.2 Å². The first-order valence-corrected chi connectivity index (χ1v) is 16.6. The zero-order valence-corrected chi connectivity index (χ0v) is 27.3. The Morgan fingerprint density at radius 3 is 2.19 bits per heavy atom. The van der Waals surface area contributed by atoms with Crippen LogP contribution in [0.1, 0.15) is 60.0 Å². The van der Waals surface area contributed by atoms with Gasteiger partial charge in [0.2, 0.25) is 0 Å². The fourth-order valence-electron chi connectivity index (χ4n) is 6.41. The number of likely N-dealkylation sites (tertiary alicyclic amines) is 1. The van der Waals surface area contributed by atoms with E-state index in [9.17, 15) is 15.0 Å². The molecule has 2 aliphatic heterocycles. The van der Waals surface area contributed by atoms with Gasteiger partial charge in [0.15, 0.2) is 6.29 Å². The molecule has 0 radical (unpaired) electrons. The molecule has 8 nitrogen and oxygen atoms in total. The summed E-state index contributed by atoms with van der Waals surface area (Å²) in [6.45, 7) is 4.74. The molecule has 47 heavy (non-hydrogen) atoms. The second-order valence-corrected chi connectivity index (χ2v) is 13.0. The summed E-state index contributed by atoms with van der Waals surface area (Å²) in [6.07, 6.45) is 0.253. The Morgan fingerprint density at radius 1 is 0.872 bits per heavy atom. The second-order valence-electron chi connectivity index (χ2n) is 12.6. The third-order valence-electron chi connectivity index (χ3n) is 9.36. The normalized spacial score (nSPS) is 22.8. The lowest BCUT2D eigenvalue weighted by Gasteiger charge is -2.45. The minimum absolute atomic E-state index is 0.0162. The lowest BCUT2D eigenvalue weighted by atomic mass is 9.84. The number of ether oxygens (including phenoxy) is 2. The van der Waals surface area contributed by atoms with Crippen molar-refractivity contribution in [3.8, 4) is 0 Å². The van der Waals surface area contributed by atoms with Gasteiger partial charge in [-0.25, -0.2) is 4.79 Å². The number of benzene rings is 4. The maximum Gasteiger partial charge on any atom is 0.319 e. The molecule has 4 aromatic rings. The molecule has 2 amide bonds. The van der Waals surface area contributed by atoms with Gasteiger partial charge in [0.25, 0.3) is 0 Å². The number of hydrogen-bond donors (Lipinski definition) is 4. The van der Waals surface area contributed by atoms with Gasteiger partial charge in [0.1, 0.15) is 0 Å². The third-order valence-corrected chi connectivity index (χ3v) is 9.61. The van der Waals surface area contributed by atoms with Crippen molar-refractivity contribution in [1.29, 1.82) is 0 Å². The molecular formula is C38H42ClN3O5. The number of aliphatic hydroxyl groups excluding tert-OH is 1. The van der Waals surface area contributed by atoms with Gasteiger partial charge in [0, 0.05) is 48.4 Å². The van der Waals surface area contributed by atoms with Crippen molar-refractivity contribution >= 4 is 23.3 Å². The van der Waals surface area contributed by atoms with Crippen LogP contribution in [0.2, 0.25) is 5.02 Å². The highest BCUT2D eigenvalue weighted by atomic mass is 35.5. The summed E-state index contributed by atoms with van der Waals surface area (Å²) in [7, 11) is 0. The molecule has 0 bridgehead atoms. The number of amides is 2. The number of carbonyl (C=O) groups excluding carboxylic acids is 1. The van der Waals surface area contributed by atoms with Crippen LogP contribution in [-0.4, -0.2) is 46.9 Å². The molecule has 0 aliphatic carbocycles. The monoisotopic (exact) mass is 655 g/mol. The number of halogens is 1. The van der Waals surface area contributed by atoms with E-state index in [4.69, 9.17) is 21.1 Å². The van der Waals surface area contributed by atoms with Gasteiger partial charge in [-0.15, -0.1) is 0 Å². The van der Waals surface area contributed by atoms with E-state index in [-0.39, 0.29) is 30.8 Å². The highest BCUT2D eigenvalue weighted by Gasteiger charge is 2.41. The molecule has 6 rings (SSSR count). The topological polar surface area (TPSA) is 103 Å². The summed E-state index contributed by atoms with van der Waals surface area (Å²) in [6, 6.07) is 32.4. The summed E-state index contributed by atoms with van der Waals surface area (Å²) in [5, 5.41) is 27.4. The summed E-state index contributed by atoms with van der Waals surface area (Å²) < 4.78 is 13.3. The number of urea groups is 1. The van der Waals surface area contributed by atoms with Crippen LogP contribution in [0.4, 0.5) is 10.5 Å². The first-order valence-electron chi connectivity index (χ1n) is 16.2. The van der Waals surface area contributed by atoms with Crippen molar-refractivity contribution in [2.24, 2.45) is 5.92 Å². The molecule has 0 aromatic heterocycles. The van der Waals surface area contributed by atoms with Gasteiger partial charge in [-0.3, -0.25) is 0 Å². The van der Waals surface area contributed by atoms with E-state index < -0.39 is 11.9 Å². The predicted octanol–water partition coefficient (Wildman–Crippen LogP) is 6.93. The summed E-state index contributed by atoms with van der Waals surface area (Å²) in [5.74, 6) is 0.0394. The molecular weight excluding hydrogens is 614 g/mol. The molecule has 2 aliphatic rings. The number of hydrogen-bond acceptors (Lipinski definition) is 6. The van der Waals surface area contributed by atoms with Crippen LogP contribution in [0.3, 0.4) is 0 Å². The van der Waals surface area contributed by atoms with E-state index in [2.05, 4.69) is 22.5 Å². The summed E-state index contributed by atoms with van der Waals surface area (Å²) in [5.41, 5.74) is 4.43. The average molecular weight is 656 g/mol. The van der Waals surface area contributed by atoms with Gasteiger partial charge in [0.05, 0.1) is 24.4 Å². The van der Waals surface area contributed by atoms with E-state index in [0.29, 0.717) is 36.6 Å². The molecule has 4 aromatic carbocycles. The van der Waals surface area contributed by atoms with Crippen LogP contribution in [0.5, 0.6) is 0 Å². The zero-order chi connectivity index (χ0) is 32.8. The highest BCUT2D eigenvalue weighted by molar-refractivity contribution is 6.30. The lowest BCUT2D eigenvalue weighted by molar-refractivity contribution is -0.277. The van der Waals surface area contributed by atoms with Crippen LogP contribution in [0.25, 0.3) is 0 Å². The Hall–Kier alpha value is -3.76. The van der Waals surface area contributed by atoms with Crippen molar-refractivity contribution in [3.63, 3.8) is 0 Å². The number of nitrogens with zero attached hydrogens (tertiary/aromatic N) is 1. The summed E-state index contributed by atoms with van der Waals surface area (Å²) >= 11 is 6.08. The standard InChI is InChI=1S/C38H42ClN3O5/c1-26-34(24-42-21-19-38(45,20-22-42)31-13-15-32(39)16-14-31)46-36(47-35(26)29-9-7-28(25-43)8-10-29)30-11-17-33(18-12-30)41-37(44)40-23-27-5-3-2-4-6-27/h2-18,26,34-36,43,45H,19-25H2,1H3,(H2,40,41,44)/t26-,34+,35+,36+/m0/s1. The third kappa shape index (κ3) is 8.22. The lowest BCUT2D eigenvalue weighted by Crippen LogP contribution is -2.49. The van der Waals surface area contributed by atoms with Gasteiger partial charge in [-0.1, -0.05) is 97.4 Å². The van der Waals surface area contributed by atoms with E-state index in [1.54, 1.807) is 0 Å². The van der Waals surface area contributed by atoms with E-state index >= 15 is 0 Å². The Balaban J connectivity index is 1.13. The van der Waals surface area contributed by atoms with Crippen molar-refractivity contribution in [3.05, 3.63) is 136 Å². The molecule has 0 unspecified atom stereocenters. The van der Waals surface area contributed by atoms with Crippen molar-refractivity contribution in [2.75, 3.05) is 25.0 Å². The number of anilines is 1. The largest absolute Gasteiger partial charge is 0.392 e. The highest BCUT2D eigenvalue weighted by Crippen LogP contribution is 2.43. The Morgan fingerprint density at radius 2 is 1.53 bits per heavy atom. The summed E-state index contributed by atoms with van der Waals surface area (Å²) in [4.78, 5) is 14.9. The Labute approximate surface area is 281 Å². The van der Waals surface area contributed by atoms with E-state index in [0.717, 1.165) is 40.9 Å². The quantitative estimate of drug-likeness (QED) is 0.156. The fourth-order valence-corrected chi connectivity index (χ4v) is 6.54. The number of nitrogens with one attached hydrogen (secondary N) is 2. The second kappa shape index (κ2) is 15.0. The van der Waals surface area contributed by atoms with Crippen molar-refractivity contribution < 1.29 is 24.5 Å². The van der Waals surface area contributed by atoms with Gasteiger partial charge >= 0.3 is 6.03 Å². The van der Waals surface area contributed by atoms with Crippen LogP contribution in [0.15, 0.2) is 103 Å². The van der Waals surface area contributed by atoms with Crippen molar-refractivity contribution in [2.45, 2.75) is 57.0 Å². The van der Waals surface area contributed by atoms with Crippen LogP contribution in [-0.2, 0) is 28.2 Å². The molecule has 0 spiro atoms. The number of aliphatic hydroxyl groups is 2. The SMILES string of the molecule is C[C@H]1[C@@H](CN2CCC(O)(c3ccc(Cl)cc3)CC2)O[C@@H](c2ccc(NC(=O)NCc3ccccc3)cc2)O[C@H]1c1ccc(CO)cc1. The Kier molecular flexibility index (Phi) is 10.6. The molecule has 2 fully saturated rings. The van der Waals surface area contributed by atoms with Crippen LogP contribution < -0.4 is 10.6 Å². The molecule has 9 heteroatoms. The van der Waals surface area contributed by atoms with Gasteiger partial charge in [-0.2, -0.15) is 0 Å². The van der Waals surface area contributed by atoms with E-state index in [1.165, 1.54) is 0 Å². The number of piperidine rings is 1. The zero-order valence-electron chi connectivity index (χ0n) is 26.5. The molecule has 246 valence electrons. The molecule has 2 heterocycles. The first kappa shape index (κ1) is 33.2. The minimum atomic E-state index is -0.878. The Bertz CT molecular complexity index is 1590. The molecule has 0 saturated carbocycles. The van der Waals surface area contributed by atoms with Gasteiger partial charge in [-0.05, 0) is 59.4 Å². The predicted molar refractivity (Wildman–Crippen MR) is 183 cm³/mol. The van der Waals surface area contributed by atoms with Crippen LogP contribution >= 0.6 is 11.6 Å². The maximum absolute atomic E-state index is 12.5. The fraction of sp³-hybridized carbons (Fsp3) is 0.342. The average Bonchev–Trinajstić information content (AvgIpc) is 3.10. The maximum atomic E-state index is 12.5. The minimum Gasteiger partial charge on any atom is -0.392 e. The first-order chi connectivity index (χ1) is 22.8.